The third-order valence-corrected chi connectivity index (χ3v) is 10.5. The van der Waals surface area contributed by atoms with Crippen LogP contribution in [-0.2, 0) is 19.2 Å². The molecule has 3 aromatic carbocycles. The molecule has 9 nitrogen and oxygen atoms in total. The van der Waals surface area contributed by atoms with E-state index < -0.39 is 23.7 Å². The number of halogens is 2. The number of amides is 2. The number of Topliss-reactive ketones (excluding diaryl/α,β-unsaturated/α-hetero) is 1. The summed E-state index contributed by atoms with van der Waals surface area (Å²) in [6.07, 6.45) is 3.58. The van der Waals surface area contributed by atoms with E-state index in [2.05, 4.69) is 20.9 Å². The minimum Gasteiger partial charge on any atom is -0.503 e. The fraction of sp³-hybridized carbons (Fsp3) is 0.194. The van der Waals surface area contributed by atoms with E-state index in [1.165, 1.54) is 18.1 Å². The molecule has 4 aromatic rings. The lowest BCUT2D eigenvalue weighted by Crippen LogP contribution is -2.39. The lowest BCUT2D eigenvalue weighted by molar-refractivity contribution is -0.123. The fourth-order valence-electron chi connectivity index (χ4n) is 7.51. The lowest BCUT2D eigenvalue weighted by atomic mass is 9.59. The number of ketones is 2. The van der Waals surface area contributed by atoms with Gasteiger partial charge in [0.25, 0.3) is 0 Å². The van der Waals surface area contributed by atoms with Crippen molar-refractivity contribution in [1.29, 1.82) is 0 Å². The minimum absolute atomic E-state index is 0.0174. The van der Waals surface area contributed by atoms with Crippen LogP contribution in [0.3, 0.4) is 0 Å². The fourth-order valence-corrected chi connectivity index (χ4v) is 8.17. The Balaban J connectivity index is 1.18. The predicted molar refractivity (Wildman–Crippen MR) is 176 cm³/mol. The Hall–Kier alpha value is -4.80. The topological polar surface area (TPSA) is 127 Å². The number of anilines is 1. The number of imide groups is 1. The number of carbonyl (C=O) groups is 4. The number of allylic oxidation sites excluding steroid dienone is 6. The molecule has 1 aliphatic heterocycles. The van der Waals surface area contributed by atoms with Crippen LogP contribution in [0.4, 0.5) is 5.69 Å². The Labute approximate surface area is 281 Å². The maximum absolute atomic E-state index is 14.3. The van der Waals surface area contributed by atoms with Gasteiger partial charge in [-0.05, 0) is 88.8 Å². The first kappa shape index (κ1) is 29.6. The van der Waals surface area contributed by atoms with Gasteiger partial charge in [0.15, 0.2) is 28.6 Å². The van der Waals surface area contributed by atoms with Gasteiger partial charge in [-0.3, -0.25) is 24.1 Å². The smallest absolute Gasteiger partial charge is 0.238 e. The van der Waals surface area contributed by atoms with Crippen molar-refractivity contribution >= 4 is 67.7 Å². The van der Waals surface area contributed by atoms with Gasteiger partial charge in [0.05, 0.1) is 34.1 Å². The van der Waals surface area contributed by atoms with Gasteiger partial charge < -0.3 is 14.3 Å². The zero-order valence-corrected chi connectivity index (χ0v) is 27.0. The molecule has 0 spiro atoms. The van der Waals surface area contributed by atoms with Crippen molar-refractivity contribution in [2.75, 3.05) is 12.0 Å². The van der Waals surface area contributed by atoms with Crippen molar-refractivity contribution < 1.29 is 33.4 Å². The van der Waals surface area contributed by atoms with E-state index in [4.69, 9.17) is 20.8 Å². The number of aromatic hydroxyl groups is 1. The average molecular weight is 712 g/mol. The molecule has 1 aromatic heterocycles. The molecule has 8 rings (SSSR count). The standard InChI is InChI=1S/C36H24BrClN2O7/c1-46-28-13-17(12-24(38)33(28)43)29-19-10-11-20-30(21(19)14-22-31(29)26(41)15-23(37)32(22)42)36(45)40(35(20)44)18-8-6-16(7-9-18)34-39-25-4-2-3-5-27(25)47-34/h2-10,12-13,15,20-21,29-30,43H,11,14H2,1H3. The molecule has 1 saturated heterocycles. The van der Waals surface area contributed by atoms with Gasteiger partial charge in [-0.2, -0.15) is 0 Å². The van der Waals surface area contributed by atoms with Crippen molar-refractivity contribution in [1.82, 2.24) is 4.98 Å². The van der Waals surface area contributed by atoms with Crippen LogP contribution in [-0.4, -0.2) is 40.6 Å². The summed E-state index contributed by atoms with van der Waals surface area (Å²) >= 11 is 9.63. The molecule has 11 heteroatoms. The highest BCUT2D eigenvalue weighted by Crippen LogP contribution is 2.56. The molecule has 1 fully saturated rings. The number of rotatable bonds is 4. The van der Waals surface area contributed by atoms with E-state index in [1.807, 2.05) is 30.3 Å². The molecule has 234 valence electrons. The van der Waals surface area contributed by atoms with Crippen LogP contribution in [0, 0.1) is 17.8 Å². The third kappa shape index (κ3) is 4.46. The molecular weight excluding hydrogens is 688 g/mol. The number of oxazole rings is 1. The van der Waals surface area contributed by atoms with E-state index >= 15 is 0 Å². The molecule has 47 heavy (non-hydrogen) atoms. The zero-order chi connectivity index (χ0) is 32.7. The van der Waals surface area contributed by atoms with Crippen molar-refractivity contribution in [2.24, 2.45) is 17.8 Å². The summed E-state index contributed by atoms with van der Waals surface area (Å²) < 4.78 is 11.4. The molecule has 3 aliphatic carbocycles. The summed E-state index contributed by atoms with van der Waals surface area (Å²) in [5.41, 5.74) is 4.38. The number of hydrogen-bond donors (Lipinski definition) is 1. The number of benzene rings is 3. The maximum atomic E-state index is 14.3. The SMILES string of the molecule is COc1cc(C2C3=CCC4C(=O)N(c5ccc(-c6nc7ccccc7o6)cc5)C(=O)C4C3CC3=C2C(=O)C=C(Br)C3=O)cc(Cl)c1O. The average Bonchev–Trinajstić information content (AvgIpc) is 3.62. The minimum atomic E-state index is -0.752. The number of hydrogen-bond acceptors (Lipinski definition) is 8. The van der Waals surface area contributed by atoms with Crippen LogP contribution >= 0.6 is 27.5 Å². The molecular formula is C36H24BrClN2O7. The molecule has 0 radical (unpaired) electrons. The van der Waals surface area contributed by atoms with E-state index in [1.54, 1.807) is 36.4 Å². The van der Waals surface area contributed by atoms with Crippen LogP contribution in [0.1, 0.15) is 24.3 Å². The van der Waals surface area contributed by atoms with Gasteiger partial charge in [-0.15, -0.1) is 0 Å². The molecule has 2 heterocycles. The van der Waals surface area contributed by atoms with Gasteiger partial charge in [0.1, 0.15) is 5.52 Å². The zero-order valence-electron chi connectivity index (χ0n) is 24.7. The molecule has 4 aliphatic rings. The Morgan fingerprint density at radius 2 is 1.79 bits per heavy atom. The van der Waals surface area contributed by atoms with Crippen LogP contribution < -0.4 is 9.64 Å². The highest BCUT2D eigenvalue weighted by Gasteiger charge is 2.56. The van der Waals surface area contributed by atoms with E-state index in [9.17, 15) is 24.3 Å². The van der Waals surface area contributed by atoms with Crippen molar-refractivity contribution in [3.05, 3.63) is 105 Å². The van der Waals surface area contributed by atoms with Crippen LogP contribution in [0.25, 0.3) is 22.6 Å². The largest absolute Gasteiger partial charge is 0.503 e. The first-order valence-corrected chi connectivity index (χ1v) is 16.1. The van der Waals surface area contributed by atoms with E-state index in [-0.39, 0.29) is 57.2 Å². The molecule has 4 atom stereocenters. The van der Waals surface area contributed by atoms with Crippen molar-refractivity contribution in [3.8, 4) is 23.0 Å². The second kappa shape index (κ2) is 10.9. The Morgan fingerprint density at radius 1 is 1.02 bits per heavy atom. The van der Waals surface area contributed by atoms with Crippen LogP contribution in [0.15, 0.2) is 98.4 Å². The molecule has 0 saturated carbocycles. The summed E-state index contributed by atoms with van der Waals surface area (Å²) in [5, 5.41) is 10.5. The number of aromatic nitrogens is 1. The van der Waals surface area contributed by atoms with Gasteiger partial charge in [-0.1, -0.05) is 35.4 Å². The summed E-state index contributed by atoms with van der Waals surface area (Å²) in [6.45, 7) is 0. The Morgan fingerprint density at radius 3 is 2.53 bits per heavy atom. The van der Waals surface area contributed by atoms with Crippen molar-refractivity contribution in [3.63, 3.8) is 0 Å². The summed E-state index contributed by atoms with van der Waals surface area (Å²) in [5.74, 6) is -3.74. The Bertz CT molecular complexity index is 2150. The Kier molecular flexibility index (Phi) is 6.86. The van der Waals surface area contributed by atoms with Gasteiger partial charge in [-0.25, -0.2) is 4.98 Å². The summed E-state index contributed by atoms with van der Waals surface area (Å²) in [4.78, 5) is 61.0. The first-order valence-electron chi connectivity index (χ1n) is 15.0. The summed E-state index contributed by atoms with van der Waals surface area (Å²) in [6, 6.07) is 17.5. The highest BCUT2D eigenvalue weighted by molar-refractivity contribution is 9.12. The number of carbonyl (C=O) groups excluding carboxylic acids is 4. The maximum Gasteiger partial charge on any atom is 0.238 e. The monoisotopic (exact) mass is 710 g/mol. The lowest BCUT2D eigenvalue weighted by Gasteiger charge is -2.42. The quantitative estimate of drug-likeness (QED) is 0.139. The number of para-hydroxylation sites is 2. The number of fused-ring (bicyclic) bond motifs is 4. The van der Waals surface area contributed by atoms with E-state index in [0.29, 0.717) is 39.4 Å². The van der Waals surface area contributed by atoms with Crippen molar-refractivity contribution in [2.45, 2.75) is 18.8 Å². The van der Waals surface area contributed by atoms with Crippen LogP contribution in [0.5, 0.6) is 11.5 Å². The van der Waals surface area contributed by atoms with Gasteiger partial charge >= 0.3 is 0 Å². The number of methoxy groups -OCH3 is 1. The van der Waals surface area contributed by atoms with E-state index in [0.717, 1.165) is 11.1 Å². The number of phenols is 1. The van der Waals surface area contributed by atoms with Crippen LogP contribution in [0.2, 0.25) is 5.02 Å². The first-order chi connectivity index (χ1) is 22.7. The summed E-state index contributed by atoms with van der Waals surface area (Å²) in [7, 11) is 1.39. The van der Waals surface area contributed by atoms with Gasteiger partial charge in [0.2, 0.25) is 17.7 Å². The number of nitrogens with zero attached hydrogens (tertiary/aromatic N) is 2. The third-order valence-electron chi connectivity index (χ3n) is 9.60. The number of phenolic OH excluding ortho intramolecular Hbond substituents is 1. The van der Waals surface area contributed by atoms with Gasteiger partial charge in [0, 0.05) is 28.7 Å². The normalized spacial score (nSPS) is 23.9. The molecule has 2 amide bonds. The second-order valence-electron chi connectivity index (χ2n) is 12.0. The predicted octanol–water partition coefficient (Wildman–Crippen LogP) is 6.83. The second-order valence-corrected chi connectivity index (χ2v) is 13.3. The highest BCUT2D eigenvalue weighted by atomic mass is 79.9. The molecule has 0 bridgehead atoms. The number of ether oxygens (including phenoxy) is 1. The molecule has 4 unspecified atom stereocenters. The molecule has 1 N–H and O–H groups in total.